The van der Waals surface area contributed by atoms with Crippen LogP contribution in [0.15, 0.2) is 48.7 Å². The molecule has 1 aliphatic rings. The number of nitrogens with zero attached hydrogens (tertiary/aromatic N) is 2. The molecular formula is C23H24N6O2. The quantitative estimate of drug-likeness (QED) is 0.507. The molecule has 0 aliphatic carbocycles. The zero-order valence-corrected chi connectivity index (χ0v) is 17.5. The smallest absolute Gasteiger partial charge is 0.274 e. The van der Waals surface area contributed by atoms with Crippen LogP contribution in [0, 0.1) is 6.92 Å². The number of rotatable bonds is 5. The van der Waals surface area contributed by atoms with Gasteiger partial charge < -0.3 is 21.3 Å². The summed E-state index contributed by atoms with van der Waals surface area (Å²) in [4.78, 5) is 34.0. The van der Waals surface area contributed by atoms with E-state index in [-0.39, 0.29) is 11.8 Å². The van der Waals surface area contributed by atoms with E-state index in [0.717, 1.165) is 42.0 Å². The molecule has 0 saturated carbocycles. The molecule has 158 valence electrons. The van der Waals surface area contributed by atoms with Crippen molar-refractivity contribution >= 4 is 34.7 Å². The Morgan fingerprint density at radius 1 is 1.06 bits per heavy atom. The molecule has 3 aromatic rings. The summed E-state index contributed by atoms with van der Waals surface area (Å²) in [6.45, 7) is 2.89. The third kappa shape index (κ3) is 4.48. The molecule has 8 heteroatoms. The average molecular weight is 416 g/mol. The maximum Gasteiger partial charge on any atom is 0.274 e. The molecule has 3 heterocycles. The van der Waals surface area contributed by atoms with E-state index in [2.05, 4.69) is 31.2 Å². The van der Waals surface area contributed by atoms with Crippen LogP contribution in [0.4, 0.5) is 22.9 Å². The molecule has 0 unspecified atom stereocenters. The molecule has 1 aliphatic heterocycles. The highest BCUT2D eigenvalue weighted by Crippen LogP contribution is 2.27. The van der Waals surface area contributed by atoms with E-state index in [4.69, 9.17) is 0 Å². The highest BCUT2D eigenvalue weighted by Gasteiger charge is 2.17. The number of amides is 2. The Morgan fingerprint density at radius 3 is 2.71 bits per heavy atom. The first kappa shape index (κ1) is 20.3. The lowest BCUT2D eigenvalue weighted by Gasteiger charge is -2.18. The van der Waals surface area contributed by atoms with Gasteiger partial charge in [-0.2, -0.15) is 0 Å². The molecule has 4 rings (SSSR count). The van der Waals surface area contributed by atoms with Gasteiger partial charge in [0, 0.05) is 25.5 Å². The molecule has 2 amide bonds. The summed E-state index contributed by atoms with van der Waals surface area (Å²) in [6.07, 6.45) is 3.28. The van der Waals surface area contributed by atoms with Gasteiger partial charge in [0.1, 0.15) is 5.69 Å². The number of benzene rings is 1. The van der Waals surface area contributed by atoms with Crippen molar-refractivity contribution in [2.24, 2.45) is 0 Å². The van der Waals surface area contributed by atoms with Gasteiger partial charge in [0.2, 0.25) is 0 Å². The second kappa shape index (κ2) is 8.83. The second-order valence-electron chi connectivity index (χ2n) is 7.31. The number of aryl methyl sites for hydroxylation is 2. The van der Waals surface area contributed by atoms with Crippen LogP contribution in [0.2, 0.25) is 0 Å². The van der Waals surface area contributed by atoms with Crippen LogP contribution in [0.1, 0.15) is 38.5 Å². The van der Waals surface area contributed by atoms with Crippen LogP contribution in [0.25, 0.3) is 0 Å². The van der Waals surface area contributed by atoms with Crippen molar-refractivity contribution in [2.75, 3.05) is 29.5 Å². The topological polar surface area (TPSA) is 108 Å². The Bertz CT molecular complexity index is 1140. The summed E-state index contributed by atoms with van der Waals surface area (Å²) >= 11 is 0. The normalized spacial score (nSPS) is 12.3. The summed E-state index contributed by atoms with van der Waals surface area (Å²) in [5.41, 5.74) is 4.79. The fourth-order valence-corrected chi connectivity index (χ4v) is 3.41. The minimum atomic E-state index is -0.364. The number of hydrogen-bond donors (Lipinski definition) is 4. The van der Waals surface area contributed by atoms with Crippen molar-refractivity contribution in [3.8, 4) is 0 Å². The molecular weight excluding hydrogens is 392 g/mol. The number of para-hydroxylation sites is 1. The zero-order valence-electron chi connectivity index (χ0n) is 17.5. The summed E-state index contributed by atoms with van der Waals surface area (Å²) in [7, 11) is 1.55. The molecule has 0 radical (unpaired) electrons. The Balaban J connectivity index is 1.65. The van der Waals surface area contributed by atoms with Crippen molar-refractivity contribution in [1.82, 2.24) is 15.3 Å². The second-order valence-corrected chi connectivity index (χ2v) is 7.31. The van der Waals surface area contributed by atoms with Gasteiger partial charge in [-0.1, -0.05) is 18.2 Å². The lowest BCUT2D eigenvalue weighted by molar-refractivity contribution is 0.0961. The van der Waals surface area contributed by atoms with Gasteiger partial charge in [0.05, 0.1) is 22.6 Å². The number of nitrogens with one attached hydrogen (secondary N) is 4. The molecule has 1 aromatic carbocycles. The summed E-state index contributed by atoms with van der Waals surface area (Å²) in [5, 5.41) is 12.0. The summed E-state index contributed by atoms with van der Waals surface area (Å²) in [6, 6.07) is 12.9. The fourth-order valence-electron chi connectivity index (χ4n) is 3.41. The molecule has 0 fully saturated rings. The van der Waals surface area contributed by atoms with Crippen LogP contribution in [0.5, 0.6) is 0 Å². The highest BCUT2D eigenvalue weighted by atomic mass is 16.2. The van der Waals surface area contributed by atoms with Crippen LogP contribution in [-0.4, -0.2) is 35.4 Å². The van der Waals surface area contributed by atoms with E-state index < -0.39 is 0 Å². The molecule has 2 aromatic heterocycles. The predicted octanol–water partition coefficient (Wildman–Crippen LogP) is 3.50. The zero-order chi connectivity index (χ0) is 21.8. The fraction of sp³-hybridized carbons (Fsp3) is 0.217. The van der Waals surface area contributed by atoms with Crippen LogP contribution >= 0.6 is 0 Å². The van der Waals surface area contributed by atoms with Crippen LogP contribution in [0.3, 0.4) is 0 Å². The third-order valence-corrected chi connectivity index (χ3v) is 5.14. The van der Waals surface area contributed by atoms with Gasteiger partial charge in [0.15, 0.2) is 5.82 Å². The maximum atomic E-state index is 13.0. The molecule has 0 saturated heterocycles. The molecule has 0 spiro atoms. The van der Waals surface area contributed by atoms with E-state index in [1.54, 1.807) is 19.2 Å². The maximum absolute atomic E-state index is 13.0. The standard InChI is InChI=1S/C23H24N6O2/c1-14-6-3-4-7-16(14)28-21-20(12-15(13-26-21)22(30)24-2)29-23(31)19-10-9-17-18(27-19)8-5-11-25-17/h3-4,6-7,9-10,12-13,25H,5,8,11H2,1-2H3,(H,24,30)(H,26,28)(H,29,31). The van der Waals surface area contributed by atoms with E-state index >= 15 is 0 Å². The first-order chi connectivity index (χ1) is 15.0. The van der Waals surface area contributed by atoms with Gasteiger partial charge >= 0.3 is 0 Å². The molecule has 4 N–H and O–H groups in total. The molecule has 0 atom stereocenters. The van der Waals surface area contributed by atoms with Gasteiger partial charge in [-0.25, -0.2) is 9.97 Å². The third-order valence-electron chi connectivity index (χ3n) is 5.14. The number of carbonyl (C=O) groups is 2. The van der Waals surface area contributed by atoms with Gasteiger partial charge in [-0.15, -0.1) is 0 Å². The summed E-state index contributed by atoms with van der Waals surface area (Å²) in [5.74, 6) is -0.213. The lowest BCUT2D eigenvalue weighted by atomic mass is 10.1. The Morgan fingerprint density at radius 2 is 1.90 bits per heavy atom. The minimum absolute atomic E-state index is 0.288. The Hall–Kier alpha value is -3.94. The van der Waals surface area contributed by atoms with Crippen molar-refractivity contribution in [1.29, 1.82) is 0 Å². The van der Waals surface area contributed by atoms with Crippen LogP contribution < -0.4 is 21.3 Å². The highest BCUT2D eigenvalue weighted by molar-refractivity contribution is 6.06. The van der Waals surface area contributed by atoms with Gasteiger partial charge in [0.25, 0.3) is 11.8 Å². The number of pyridine rings is 2. The van der Waals surface area contributed by atoms with E-state index in [1.165, 1.54) is 6.20 Å². The monoisotopic (exact) mass is 416 g/mol. The van der Waals surface area contributed by atoms with Crippen LogP contribution in [-0.2, 0) is 6.42 Å². The SMILES string of the molecule is CNC(=O)c1cnc(Nc2ccccc2C)c(NC(=O)c2ccc3c(n2)CCCN3)c1. The van der Waals surface area contributed by atoms with Gasteiger partial charge in [-0.05, 0) is 49.6 Å². The van der Waals surface area contributed by atoms with Crippen molar-refractivity contribution in [2.45, 2.75) is 19.8 Å². The molecule has 31 heavy (non-hydrogen) atoms. The van der Waals surface area contributed by atoms with Crippen molar-refractivity contribution < 1.29 is 9.59 Å². The molecule has 8 nitrogen and oxygen atoms in total. The first-order valence-corrected chi connectivity index (χ1v) is 10.1. The van der Waals surface area contributed by atoms with E-state index in [1.807, 2.05) is 37.3 Å². The Labute approximate surface area is 180 Å². The van der Waals surface area contributed by atoms with E-state index in [9.17, 15) is 9.59 Å². The average Bonchev–Trinajstić information content (AvgIpc) is 2.80. The summed E-state index contributed by atoms with van der Waals surface area (Å²) < 4.78 is 0. The Kier molecular flexibility index (Phi) is 5.79. The number of fused-ring (bicyclic) bond motifs is 1. The van der Waals surface area contributed by atoms with Crippen molar-refractivity contribution in [3.63, 3.8) is 0 Å². The lowest BCUT2D eigenvalue weighted by Crippen LogP contribution is -2.21. The molecule has 0 bridgehead atoms. The number of aromatic nitrogens is 2. The first-order valence-electron chi connectivity index (χ1n) is 10.1. The number of hydrogen-bond acceptors (Lipinski definition) is 6. The van der Waals surface area contributed by atoms with E-state index in [0.29, 0.717) is 22.8 Å². The number of carbonyl (C=O) groups excluding carboxylic acids is 2. The largest absolute Gasteiger partial charge is 0.384 e. The number of anilines is 4. The minimum Gasteiger partial charge on any atom is -0.384 e. The van der Waals surface area contributed by atoms with Crippen molar-refractivity contribution in [3.05, 3.63) is 71.2 Å². The predicted molar refractivity (Wildman–Crippen MR) is 121 cm³/mol. The van der Waals surface area contributed by atoms with Gasteiger partial charge in [-0.3, -0.25) is 9.59 Å².